The molecule has 0 aromatic heterocycles. The summed E-state index contributed by atoms with van der Waals surface area (Å²) in [6, 6.07) is 2.80. The molecule has 0 saturated carbocycles. The molecule has 5 nitrogen and oxygen atoms in total. The molecule has 1 heterocycles. The molecule has 0 atom stereocenters. The van der Waals surface area contributed by atoms with Crippen molar-refractivity contribution in [2.24, 2.45) is 0 Å². The van der Waals surface area contributed by atoms with E-state index in [0.717, 1.165) is 18.2 Å². The number of nitrogen functional groups attached to an aromatic ring is 1. The van der Waals surface area contributed by atoms with Crippen LogP contribution in [0.25, 0.3) is 0 Å². The Hall–Kier alpha value is -2.25. The van der Waals surface area contributed by atoms with E-state index in [9.17, 15) is 22.8 Å². The highest BCUT2D eigenvalue weighted by atomic mass is 19.4. The van der Waals surface area contributed by atoms with Gasteiger partial charge in [0.1, 0.15) is 0 Å². The van der Waals surface area contributed by atoms with Gasteiger partial charge in [0.15, 0.2) is 0 Å². The van der Waals surface area contributed by atoms with Crippen molar-refractivity contribution in [1.82, 2.24) is 5.32 Å². The maximum Gasteiger partial charge on any atom is 0.416 e. The van der Waals surface area contributed by atoms with Crippen molar-refractivity contribution in [3.8, 4) is 0 Å². The highest BCUT2D eigenvalue weighted by molar-refractivity contribution is 6.03. The van der Waals surface area contributed by atoms with Crippen LogP contribution in [0.15, 0.2) is 18.2 Å². The van der Waals surface area contributed by atoms with Crippen molar-refractivity contribution in [2.75, 3.05) is 23.7 Å². The number of carbonyl (C=O) groups excluding carboxylic acids is 2. The third-order valence-corrected chi connectivity index (χ3v) is 2.64. The molecule has 1 aromatic rings. The molecule has 1 fully saturated rings. The summed E-state index contributed by atoms with van der Waals surface area (Å²) in [5.74, 6) is -1.04. The van der Waals surface area contributed by atoms with Crippen LogP contribution < -0.4 is 16.0 Å². The van der Waals surface area contributed by atoms with Crippen molar-refractivity contribution >= 4 is 23.2 Å². The van der Waals surface area contributed by atoms with Gasteiger partial charge in [-0.25, -0.2) is 0 Å². The Morgan fingerprint density at radius 2 is 1.74 bits per heavy atom. The van der Waals surface area contributed by atoms with Gasteiger partial charge >= 0.3 is 6.18 Å². The van der Waals surface area contributed by atoms with Gasteiger partial charge in [0.2, 0.25) is 11.8 Å². The summed E-state index contributed by atoms with van der Waals surface area (Å²) in [6.07, 6.45) is -4.48. The van der Waals surface area contributed by atoms with Gasteiger partial charge in [-0.2, -0.15) is 13.2 Å². The van der Waals surface area contributed by atoms with E-state index in [0.29, 0.717) is 0 Å². The molecule has 0 radical (unpaired) electrons. The molecule has 1 aromatic carbocycles. The van der Waals surface area contributed by atoms with Crippen molar-refractivity contribution in [1.29, 1.82) is 0 Å². The normalized spacial score (nSPS) is 16.5. The Morgan fingerprint density at radius 1 is 1.16 bits per heavy atom. The van der Waals surface area contributed by atoms with Gasteiger partial charge in [0.05, 0.1) is 30.0 Å². The van der Waals surface area contributed by atoms with Gasteiger partial charge in [0, 0.05) is 0 Å². The lowest BCUT2D eigenvalue weighted by Gasteiger charge is -2.28. The summed E-state index contributed by atoms with van der Waals surface area (Å²) in [5.41, 5.74) is 4.79. The minimum absolute atomic E-state index is 0.124. The number of rotatable bonds is 1. The van der Waals surface area contributed by atoms with Gasteiger partial charge < -0.3 is 10.6 Å². The van der Waals surface area contributed by atoms with E-state index in [-0.39, 0.29) is 24.5 Å². The van der Waals surface area contributed by atoms with E-state index in [4.69, 9.17) is 5.73 Å². The number of benzene rings is 1. The lowest BCUT2D eigenvalue weighted by atomic mass is 10.1. The maximum atomic E-state index is 12.5. The highest BCUT2D eigenvalue weighted by Crippen LogP contribution is 2.34. The van der Waals surface area contributed by atoms with Crippen LogP contribution in [0, 0.1) is 0 Å². The third kappa shape index (κ3) is 2.78. The number of alkyl halides is 3. The number of nitrogens with one attached hydrogen (secondary N) is 1. The zero-order valence-electron chi connectivity index (χ0n) is 9.62. The standard InChI is InChI=1S/C11H10F3N3O2/c12-11(13,14)6-1-2-8(7(15)3-6)17-4-9(18)16-10(19)5-17/h1-3H,4-5,15H2,(H,16,18,19). The van der Waals surface area contributed by atoms with Gasteiger partial charge in [-0.3, -0.25) is 14.9 Å². The topological polar surface area (TPSA) is 75.4 Å². The molecule has 0 bridgehead atoms. The molecule has 3 N–H and O–H groups in total. The molecular formula is C11H10F3N3O2. The number of piperazine rings is 1. The van der Waals surface area contributed by atoms with Crippen molar-refractivity contribution < 1.29 is 22.8 Å². The van der Waals surface area contributed by atoms with Crippen LogP contribution in [0.3, 0.4) is 0 Å². The van der Waals surface area contributed by atoms with E-state index in [1.54, 1.807) is 0 Å². The number of imide groups is 1. The van der Waals surface area contributed by atoms with E-state index >= 15 is 0 Å². The summed E-state index contributed by atoms with van der Waals surface area (Å²) in [5, 5.41) is 2.09. The Kier molecular flexibility index (Phi) is 3.09. The second kappa shape index (κ2) is 4.45. The van der Waals surface area contributed by atoms with Crippen LogP contribution in [0.2, 0.25) is 0 Å². The molecule has 2 amide bonds. The summed E-state index contributed by atoms with van der Waals surface area (Å²) in [6.45, 7) is -0.247. The first-order valence-corrected chi connectivity index (χ1v) is 5.32. The Balaban J connectivity index is 2.31. The second-order valence-corrected chi connectivity index (χ2v) is 4.10. The first-order valence-electron chi connectivity index (χ1n) is 5.32. The monoisotopic (exact) mass is 273 g/mol. The maximum absolute atomic E-state index is 12.5. The Bertz CT molecular complexity index is 526. The molecule has 0 spiro atoms. The Morgan fingerprint density at radius 3 is 2.21 bits per heavy atom. The number of hydrogen-bond donors (Lipinski definition) is 2. The summed E-state index contributed by atoms with van der Waals surface area (Å²) >= 11 is 0. The molecule has 2 rings (SSSR count). The van der Waals surface area contributed by atoms with Gasteiger partial charge in [-0.15, -0.1) is 0 Å². The number of anilines is 2. The van der Waals surface area contributed by atoms with Crippen LogP contribution in [0.5, 0.6) is 0 Å². The summed E-state index contributed by atoms with van der Waals surface area (Å²) < 4.78 is 37.4. The predicted molar refractivity (Wildman–Crippen MR) is 61.2 cm³/mol. The van der Waals surface area contributed by atoms with Crippen molar-refractivity contribution in [3.63, 3.8) is 0 Å². The molecule has 8 heteroatoms. The largest absolute Gasteiger partial charge is 0.416 e. The average Bonchev–Trinajstić information content (AvgIpc) is 2.26. The first-order chi connectivity index (χ1) is 8.77. The van der Waals surface area contributed by atoms with E-state index in [1.807, 2.05) is 0 Å². The van der Waals surface area contributed by atoms with Crippen LogP contribution in [-0.2, 0) is 15.8 Å². The molecule has 1 saturated heterocycles. The lowest BCUT2D eigenvalue weighted by Crippen LogP contribution is -2.51. The predicted octanol–water partition coefficient (Wildman–Crippen LogP) is 0.750. The Labute approximate surface area is 106 Å². The smallest absolute Gasteiger partial charge is 0.397 e. The number of amides is 2. The lowest BCUT2D eigenvalue weighted by molar-refractivity contribution is -0.137. The molecule has 102 valence electrons. The zero-order chi connectivity index (χ0) is 14.2. The fourth-order valence-corrected chi connectivity index (χ4v) is 1.83. The number of hydrogen-bond acceptors (Lipinski definition) is 4. The average molecular weight is 273 g/mol. The number of nitrogens with zero attached hydrogens (tertiary/aromatic N) is 1. The number of halogens is 3. The van der Waals surface area contributed by atoms with Crippen LogP contribution in [0.4, 0.5) is 24.5 Å². The quantitative estimate of drug-likeness (QED) is 0.585. The summed E-state index contributed by atoms with van der Waals surface area (Å²) in [4.78, 5) is 23.7. The molecular weight excluding hydrogens is 263 g/mol. The van der Waals surface area contributed by atoms with Crippen molar-refractivity contribution in [2.45, 2.75) is 6.18 Å². The van der Waals surface area contributed by atoms with Gasteiger partial charge in [-0.05, 0) is 18.2 Å². The van der Waals surface area contributed by atoms with E-state index < -0.39 is 23.6 Å². The third-order valence-electron chi connectivity index (χ3n) is 2.64. The van der Waals surface area contributed by atoms with Gasteiger partial charge in [0.25, 0.3) is 0 Å². The van der Waals surface area contributed by atoms with Crippen molar-refractivity contribution in [3.05, 3.63) is 23.8 Å². The molecule has 0 aliphatic carbocycles. The molecule has 0 unspecified atom stereocenters. The number of carbonyl (C=O) groups is 2. The molecule has 19 heavy (non-hydrogen) atoms. The fraction of sp³-hybridized carbons (Fsp3) is 0.273. The molecule has 1 aliphatic heterocycles. The van der Waals surface area contributed by atoms with Crippen LogP contribution >= 0.6 is 0 Å². The summed E-state index contributed by atoms with van der Waals surface area (Å²) in [7, 11) is 0. The highest BCUT2D eigenvalue weighted by Gasteiger charge is 2.32. The van der Waals surface area contributed by atoms with E-state index in [1.165, 1.54) is 4.90 Å². The minimum atomic E-state index is -4.48. The van der Waals surface area contributed by atoms with Crippen LogP contribution in [0.1, 0.15) is 5.56 Å². The minimum Gasteiger partial charge on any atom is -0.397 e. The SMILES string of the molecule is Nc1cc(C(F)(F)F)ccc1N1CC(=O)NC(=O)C1. The zero-order valence-corrected chi connectivity index (χ0v) is 9.62. The second-order valence-electron chi connectivity index (χ2n) is 4.10. The van der Waals surface area contributed by atoms with Crippen LogP contribution in [-0.4, -0.2) is 24.9 Å². The number of nitrogens with two attached hydrogens (primary N) is 1. The fourth-order valence-electron chi connectivity index (χ4n) is 1.83. The van der Waals surface area contributed by atoms with E-state index in [2.05, 4.69) is 5.32 Å². The van der Waals surface area contributed by atoms with Gasteiger partial charge in [-0.1, -0.05) is 0 Å². The molecule has 1 aliphatic rings. The first kappa shape index (κ1) is 13.2.